The summed E-state index contributed by atoms with van der Waals surface area (Å²) in [7, 11) is 0. The van der Waals surface area contributed by atoms with Crippen LogP contribution in [0.2, 0.25) is 0 Å². The molecule has 134 valence electrons. The maximum absolute atomic E-state index is 12.4. The molecule has 2 aliphatic carbocycles. The predicted octanol–water partition coefficient (Wildman–Crippen LogP) is 6.58. The van der Waals surface area contributed by atoms with Gasteiger partial charge in [-0.3, -0.25) is 4.79 Å². The molecule has 2 atom stereocenters. The lowest BCUT2D eigenvalue weighted by atomic mass is 9.55. The van der Waals surface area contributed by atoms with Crippen molar-refractivity contribution in [3.8, 4) is 0 Å². The van der Waals surface area contributed by atoms with Gasteiger partial charge in [-0.2, -0.15) is 0 Å². The molecular weight excluding hydrogens is 284 g/mol. The highest BCUT2D eigenvalue weighted by molar-refractivity contribution is 5.75. The lowest BCUT2D eigenvalue weighted by Crippen LogP contribution is -2.47. The molecule has 0 bridgehead atoms. The van der Waals surface area contributed by atoms with Gasteiger partial charge in [0.15, 0.2) is 0 Å². The van der Waals surface area contributed by atoms with E-state index in [1.807, 2.05) is 0 Å². The summed E-state index contributed by atoms with van der Waals surface area (Å²) in [5, 5.41) is 10.2. The zero-order valence-corrected chi connectivity index (χ0v) is 15.3. The Bertz CT molecular complexity index is 346. The monoisotopic (exact) mass is 322 g/mol. The average Bonchev–Trinajstić information content (AvgIpc) is 2.59. The molecule has 0 aliphatic heterocycles. The molecule has 1 N–H and O–H groups in total. The average molecular weight is 323 g/mol. The minimum absolute atomic E-state index is 0.373. The Balaban J connectivity index is 1.94. The first-order chi connectivity index (χ1) is 11.2. The Morgan fingerprint density at radius 2 is 1.57 bits per heavy atom. The van der Waals surface area contributed by atoms with Crippen LogP contribution in [0.3, 0.4) is 0 Å². The summed E-state index contributed by atoms with van der Waals surface area (Å²) >= 11 is 0. The van der Waals surface area contributed by atoms with Crippen molar-refractivity contribution >= 4 is 5.97 Å². The van der Waals surface area contributed by atoms with Crippen LogP contribution in [0.15, 0.2) is 0 Å². The third-order valence-electron chi connectivity index (χ3n) is 6.76. The van der Waals surface area contributed by atoms with Crippen molar-refractivity contribution < 1.29 is 9.90 Å². The van der Waals surface area contributed by atoms with Gasteiger partial charge >= 0.3 is 5.97 Å². The second-order valence-corrected chi connectivity index (χ2v) is 8.18. The fourth-order valence-electron chi connectivity index (χ4n) is 5.45. The summed E-state index contributed by atoms with van der Waals surface area (Å²) in [5.74, 6) is 0.447. The second kappa shape index (κ2) is 9.69. The van der Waals surface area contributed by atoms with Crippen LogP contribution in [0.25, 0.3) is 0 Å². The fourth-order valence-corrected chi connectivity index (χ4v) is 5.45. The van der Waals surface area contributed by atoms with Crippen molar-refractivity contribution in [1.82, 2.24) is 0 Å². The third kappa shape index (κ3) is 4.73. The Morgan fingerprint density at radius 1 is 0.913 bits per heavy atom. The normalized spacial score (nSPS) is 29.5. The SMILES string of the molecule is CCCCCCCCC1CCCCC1(C(=O)O)C1CCCCC1. The molecule has 0 aromatic heterocycles. The minimum Gasteiger partial charge on any atom is -0.481 e. The first kappa shape index (κ1) is 18.8. The van der Waals surface area contributed by atoms with Crippen LogP contribution >= 0.6 is 0 Å². The van der Waals surface area contributed by atoms with Gasteiger partial charge in [0.1, 0.15) is 0 Å². The molecule has 2 fully saturated rings. The molecule has 2 heteroatoms. The van der Waals surface area contributed by atoms with E-state index < -0.39 is 5.97 Å². The number of unbranched alkanes of at least 4 members (excludes halogenated alkanes) is 5. The highest BCUT2D eigenvalue weighted by Gasteiger charge is 2.51. The van der Waals surface area contributed by atoms with Crippen molar-refractivity contribution in [2.24, 2.45) is 17.3 Å². The molecule has 0 aromatic rings. The Hall–Kier alpha value is -0.530. The van der Waals surface area contributed by atoms with Crippen LogP contribution in [0, 0.1) is 17.3 Å². The van der Waals surface area contributed by atoms with Crippen LogP contribution in [0.4, 0.5) is 0 Å². The maximum atomic E-state index is 12.4. The fraction of sp³-hybridized carbons (Fsp3) is 0.952. The molecular formula is C21H38O2. The summed E-state index contributed by atoms with van der Waals surface area (Å²) in [6.07, 6.45) is 19.7. The van der Waals surface area contributed by atoms with Crippen molar-refractivity contribution in [1.29, 1.82) is 0 Å². The highest BCUT2D eigenvalue weighted by atomic mass is 16.4. The van der Waals surface area contributed by atoms with E-state index in [2.05, 4.69) is 6.92 Å². The number of hydrogen-bond acceptors (Lipinski definition) is 1. The number of carboxylic acids is 1. The zero-order chi connectivity index (χ0) is 16.5. The standard InChI is InChI=1S/C21H38O2/c1-2-3-4-5-6-8-13-19-16-11-12-17-21(19,20(22)23)18-14-9-7-10-15-18/h18-19H,2-17H2,1H3,(H,22,23). The van der Waals surface area contributed by atoms with Gasteiger partial charge in [-0.25, -0.2) is 0 Å². The summed E-state index contributed by atoms with van der Waals surface area (Å²) < 4.78 is 0. The Kier molecular flexibility index (Phi) is 7.92. The summed E-state index contributed by atoms with van der Waals surface area (Å²) in [6, 6.07) is 0. The third-order valence-corrected chi connectivity index (χ3v) is 6.76. The van der Waals surface area contributed by atoms with Gasteiger partial charge in [0.05, 0.1) is 5.41 Å². The van der Waals surface area contributed by atoms with Crippen molar-refractivity contribution in [3.05, 3.63) is 0 Å². The Morgan fingerprint density at radius 3 is 2.26 bits per heavy atom. The van der Waals surface area contributed by atoms with Gasteiger partial charge in [-0.05, 0) is 43.9 Å². The molecule has 2 nitrogen and oxygen atoms in total. The lowest BCUT2D eigenvalue weighted by Gasteiger charge is -2.47. The lowest BCUT2D eigenvalue weighted by molar-refractivity contribution is -0.163. The summed E-state index contributed by atoms with van der Waals surface area (Å²) in [6.45, 7) is 2.26. The van der Waals surface area contributed by atoms with Crippen LogP contribution in [0.1, 0.15) is 110 Å². The second-order valence-electron chi connectivity index (χ2n) is 8.18. The highest BCUT2D eigenvalue weighted by Crippen LogP contribution is 2.53. The van der Waals surface area contributed by atoms with E-state index in [4.69, 9.17) is 0 Å². The van der Waals surface area contributed by atoms with E-state index in [9.17, 15) is 9.90 Å². The molecule has 0 spiro atoms. The van der Waals surface area contributed by atoms with Gasteiger partial charge < -0.3 is 5.11 Å². The molecule has 0 aromatic carbocycles. The Labute approximate surface area is 143 Å². The van der Waals surface area contributed by atoms with E-state index in [1.54, 1.807) is 0 Å². The molecule has 23 heavy (non-hydrogen) atoms. The first-order valence-corrected chi connectivity index (χ1v) is 10.4. The molecule has 2 rings (SSSR count). The zero-order valence-electron chi connectivity index (χ0n) is 15.3. The number of aliphatic carboxylic acids is 1. The van der Waals surface area contributed by atoms with E-state index in [0.29, 0.717) is 11.8 Å². The molecule has 0 saturated heterocycles. The smallest absolute Gasteiger partial charge is 0.310 e. The number of carboxylic acid groups (broad SMARTS) is 1. The molecule has 0 heterocycles. The number of carbonyl (C=O) groups is 1. The summed E-state index contributed by atoms with van der Waals surface area (Å²) in [5.41, 5.74) is -0.373. The minimum atomic E-state index is -0.458. The van der Waals surface area contributed by atoms with Crippen molar-refractivity contribution in [3.63, 3.8) is 0 Å². The van der Waals surface area contributed by atoms with E-state index in [1.165, 1.54) is 77.0 Å². The quantitative estimate of drug-likeness (QED) is 0.487. The summed E-state index contributed by atoms with van der Waals surface area (Å²) in [4.78, 5) is 12.4. The van der Waals surface area contributed by atoms with Crippen molar-refractivity contribution in [2.45, 2.75) is 110 Å². The van der Waals surface area contributed by atoms with Gasteiger partial charge in [0, 0.05) is 0 Å². The molecule has 2 unspecified atom stereocenters. The number of rotatable bonds is 9. The maximum Gasteiger partial charge on any atom is 0.310 e. The van der Waals surface area contributed by atoms with Crippen LogP contribution in [0.5, 0.6) is 0 Å². The van der Waals surface area contributed by atoms with Gasteiger partial charge in [0.25, 0.3) is 0 Å². The van der Waals surface area contributed by atoms with E-state index >= 15 is 0 Å². The van der Waals surface area contributed by atoms with Gasteiger partial charge in [-0.1, -0.05) is 77.6 Å². The molecule has 0 amide bonds. The molecule has 0 radical (unpaired) electrons. The largest absolute Gasteiger partial charge is 0.481 e. The van der Waals surface area contributed by atoms with Crippen LogP contribution in [-0.4, -0.2) is 11.1 Å². The van der Waals surface area contributed by atoms with E-state index in [0.717, 1.165) is 25.7 Å². The van der Waals surface area contributed by atoms with E-state index in [-0.39, 0.29) is 5.41 Å². The topological polar surface area (TPSA) is 37.3 Å². The van der Waals surface area contributed by atoms with Gasteiger partial charge in [0.2, 0.25) is 0 Å². The van der Waals surface area contributed by atoms with Crippen molar-refractivity contribution in [2.75, 3.05) is 0 Å². The predicted molar refractivity (Wildman–Crippen MR) is 96.6 cm³/mol. The molecule has 2 saturated carbocycles. The first-order valence-electron chi connectivity index (χ1n) is 10.4. The van der Waals surface area contributed by atoms with Crippen LogP contribution < -0.4 is 0 Å². The van der Waals surface area contributed by atoms with Gasteiger partial charge in [-0.15, -0.1) is 0 Å². The number of hydrogen-bond donors (Lipinski definition) is 1. The van der Waals surface area contributed by atoms with Crippen LogP contribution in [-0.2, 0) is 4.79 Å². The molecule has 2 aliphatic rings.